The average Bonchev–Trinajstić information content (AvgIpc) is 2.96. The zero-order chi connectivity index (χ0) is 15.7. The predicted molar refractivity (Wildman–Crippen MR) is 87.6 cm³/mol. The summed E-state index contributed by atoms with van der Waals surface area (Å²) in [5.74, 6) is -0.0298. The van der Waals surface area contributed by atoms with Crippen molar-refractivity contribution in [1.82, 2.24) is 15.1 Å². The van der Waals surface area contributed by atoms with Gasteiger partial charge in [0.05, 0.1) is 17.9 Å². The number of carbonyl (C=O) groups is 1. The van der Waals surface area contributed by atoms with Crippen LogP contribution < -0.4 is 0 Å². The summed E-state index contributed by atoms with van der Waals surface area (Å²) in [6.07, 6.45) is 0.114. The third kappa shape index (κ3) is 3.23. The second kappa shape index (κ2) is 6.22. The number of hydrogen-bond donors (Lipinski definition) is 1. The van der Waals surface area contributed by atoms with Gasteiger partial charge in [-0.2, -0.15) is 5.10 Å². The van der Waals surface area contributed by atoms with Crippen LogP contribution in [-0.2, 0) is 4.74 Å². The van der Waals surface area contributed by atoms with Crippen molar-refractivity contribution < 1.29 is 9.53 Å². The maximum Gasteiger partial charge on any atom is 0.272 e. The van der Waals surface area contributed by atoms with Gasteiger partial charge in [-0.3, -0.25) is 9.89 Å². The zero-order valence-electron chi connectivity index (χ0n) is 12.5. The molecule has 2 atom stereocenters. The van der Waals surface area contributed by atoms with E-state index in [1.165, 1.54) is 0 Å². The second-order valence-electron chi connectivity index (χ2n) is 5.64. The number of aromatic amines is 1. The lowest BCUT2D eigenvalue weighted by Crippen LogP contribution is -2.48. The van der Waals surface area contributed by atoms with E-state index in [1.54, 1.807) is 6.07 Å². The number of nitrogens with one attached hydrogen (secondary N) is 1. The number of morpholine rings is 1. The second-order valence-corrected chi connectivity index (χ2v) is 6.56. The molecule has 1 aliphatic rings. The molecule has 0 radical (unpaired) electrons. The first-order valence-corrected chi connectivity index (χ1v) is 8.08. The molecule has 2 unspecified atom stereocenters. The van der Waals surface area contributed by atoms with Crippen molar-refractivity contribution in [3.63, 3.8) is 0 Å². The van der Waals surface area contributed by atoms with Crippen molar-refractivity contribution >= 4 is 21.8 Å². The molecule has 0 spiro atoms. The Labute approximate surface area is 137 Å². The minimum absolute atomic E-state index is 0.0298. The monoisotopic (exact) mass is 363 g/mol. The van der Waals surface area contributed by atoms with Gasteiger partial charge in [-0.15, -0.1) is 0 Å². The lowest BCUT2D eigenvalue weighted by molar-refractivity contribution is -0.0587. The normalized spacial score (nSPS) is 21.9. The highest BCUT2D eigenvalue weighted by molar-refractivity contribution is 9.10. The molecule has 6 heteroatoms. The van der Waals surface area contributed by atoms with Gasteiger partial charge in [0.1, 0.15) is 5.69 Å². The number of hydrogen-bond acceptors (Lipinski definition) is 3. The lowest BCUT2D eigenvalue weighted by atomic mass is 10.1. The van der Waals surface area contributed by atoms with E-state index in [0.29, 0.717) is 18.8 Å². The summed E-state index contributed by atoms with van der Waals surface area (Å²) in [4.78, 5) is 14.4. The minimum Gasteiger partial charge on any atom is -0.372 e. The van der Waals surface area contributed by atoms with Crippen LogP contribution in [0.5, 0.6) is 0 Å². The first-order valence-electron chi connectivity index (χ1n) is 7.29. The predicted octanol–water partition coefficient (Wildman–Crippen LogP) is 3.09. The van der Waals surface area contributed by atoms with Gasteiger partial charge in [0.2, 0.25) is 0 Å². The summed E-state index contributed by atoms with van der Waals surface area (Å²) in [5, 5.41) is 7.10. The highest BCUT2D eigenvalue weighted by Gasteiger charge is 2.27. The van der Waals surface area contributed by atoms with Crippen LogP contribution in [-0.4, -0.2) is 46.3 Å². The Hall–Kier alpha value is -1.66. The van der Waals surface area contributed by atoms with Crippen LogP contribution in [0.25, 0.3) is 11.3 Å². The molecule has 0 aliphatic carbocycles. The molecule has 0 bridgehead atoms. The Morgan fingerprint density at radius 1 is 1.27 bits per heavy atom. The van der Waals surface area contributed by atoms with E-state index in [1.807, 2.05) is 43.0 Å². The number of rotatable bonds is 2. The fourth-order valence-corrected chi connectivity index (χ4v) is 2.98. The van der Waals surface area contributed by atoms with Crippen LogP contribution in [0.4, 0.5) is 0 Å². The van der Waals surface area contributed by atoms with Crippen LogP contribution in [0.2, 0.25) is 0 Å². The molecule has 1 fully saturated rings. The average molecular weight is 364 g/mol. The fourth-order valence-electron chi connectivity index (χ4n) is 2.71. The van der Waals surface area contributed by atoms with Gasteiger partial charge in [-0.05, 0) is 32.0 Å². The number of amides is 1. The van der Waals surface area contributed by atoms with Crippen LogP contribution in [0.15, 0.2) is 34.8 Å². The van der Waals surface area contributed by atoms with E-state index in [4.69, 9.17) is 4.74 Å². The molecule has 2 heterocycles. The summed E-state index contributed by atoms with van der Waals surface area (Å²) in [6, 6.07) is 9.64. The van der Waals surface area contributed by atoms with Crippen molar-refractivity contribution in [2.24, 2.45) is 0 Å². The molecule has 1 aromatic heterocycles. The number of H-pyrrole nitrogens is 1. The fraction of sp³-hybridized carbons (Fsp3) is 0.375. The van der Waals surface area contributed by atoms with Crippen LogP contribution in [0, 0.1) is 0 Å². The molecule has 5 nitrogen and oxygen atoms in total. The van der Waals surface area contributed by atoms with Crippen LogP contribution >= 0.6 is 15.9 Å². The summed E-state index contributed by atoms with van der Waals surface area (Å²) >= 11 is 3.41. The smallest absolute Gasteiger partial charge is 0.272 e. The summed E-state index contributed by atoms with van der Waals surface area (Å²) < 4.78 is 6.68. The van der Waals surface area contributed by atoms with Crippen LogP contribution in [0.1, 0.15) is 24.3 Å². The molecule has 1 saturated heterocycles. The molecule has 1 amide bonds. The molecule has 3 rings (SSSR count). The highest BCUT2D eigenvalue weighted by atomic mass is 79.9. The van der Waals surface area contributed by atoms with E-state index in [-0.39, 0.29) is 18.1 Å². The highest BCUT2D eigenvalue weighted by Crippen LogP contribution is 2.21. The summed E-state index contributed by atoms with van der Waals surface area (Å²) in [6.45, 7) is 5.18. The summed E-state index contributed by atoms with van der Waals surface area (Å²) in [7, 11) is 0. The van der Waals surface area contributed by atoms with Gasteiger partial charge in [0, 0.05) is 23.1 Å². The standard InChI is InChI=1S/C16H18BrN3O2/c1-10-8-20(9-11(2)22-10)16(21)15-7-14(18-19-15)12-3-5-13(17)6-4-12/h3-7,10-11H,8-9H2,1-2H3,(H,18,19). The SMILES string of the molecule is CC1CN(C(=O)c2cc(-c3ccc(Br)cc3)n[nH]2)CC(C)O1. The quantitative estimate of drug-likeness (QED) is 0.891. The number of aromatic nitrogens is 2. The van der Waals surface area contributed by atoms with Gasteiger partial charge < -0.3 is 9.64 Å². The van der Waals surface area contributed by atoms with Crippen molar-refractivity contribution in [2.45, 2.75) is 26.1 Å². The van der Waals surface area contributed by atoms with E-state index >= 15 is 0 Å². The maximum absolute atomic E-state index is 12.6. The van der Waals surface area contributed by atoms with Gasteiger partial charge in [-0.25, -0.2) is 0 Å². The summed E-state index contributed by atoms with van der Waals surface area (Å²) in [5.41, 5.74) is 2.26. The molecule has 1 aromatic carbocycles. The lowest BCUT2D eigenvalue weighted by Gasteiger charge is -2.34. The number of ether oxygens (including phenoxy) is 1. The number of carbonyl (C=O) groups excluding carboxylic acids is 1. The van der Waals surface area contributed by atoms with Gasteiger partial charge in [0.15, 0.2) is 0 Å². The Morgan fingerprint density at radius 2 is 1.91 bits per heavy atom. The van der Waals surface area contributed by atoms with E-state index in [2.05, 4.69) is 26.1 Å². The molecule has 116 valence electrons. The Bertz CT molecular complexity index is 658. The van der Waals surface area contributed by atoms with E-state index < -0.39 is 0 Å². The molecular weight excluding hydrogens is 346 g/mol. The third-order valence-corrected chi connectivity index (χ3v) is 4.18. The first kappa shape index (κ1) is 15.2. The Kier molecular flexibility index (Phi) is 4.31. The number of halogens is 1. The van der Waals surface area contributed by atoms with Gasteiger partial charge >= 0.3 is 0 Å². The van der Waals surface area contributed by atoms with Gasteiger partial charge in [0.25, 0.3) is 5.91 Å². The van der Waals surface area contributed by atoms with Gasteiger partial charge in [-0.1, -0.05) is 28.1 Å². The minimum atomic E-state index is -0.0298. The zero-order valence-corrected chi connectivity index (χ0v) is 14.1. The number of nitrogens with zero attached hydrogens (tertiary/aromatic N) is 2. The molecule has 2 aromatic rings. The maximum atomic E-state index is 12.6. The third-order valence-electron chi connectivity index (χ3n) is 3.66. The van der Waals surface area contributed by atoms with Crippen LogP contribution in [0.3, 0.4) is 0 Å². The molecule has 1 aliphatic heterocycles. The molecule has 1 N–H and O–H groups in total. The first-order chi connectivity index (χ1) is 10.5. The molecule has 22 heavy (non-hydrogen) atoms. The molecule has 0 saturated carbocycles. The largest absolute Gasteiger partial charge is 0.372 e. The van der Waals surface area contributed by atoms with Crippen molar-refractivity contribution in [3.8, 4) is 11.3 Å². The van der Waals surface area contributed by atoms with E-state index in [0.717, 1.165) is 15.7 Å². The Morgan fingerprint density at radius 3 is 2.55 bits per heavy atom. The Balaban J connectivity index is 1.78. The van der Waals surface area contributed by atoms with Crippen molar-refractivity contribution in [1.29, 1.82) is 0 Å². The van der Waals surface area contributed by atoms with Crippen molar-refractivity contribution in [2.75, 3.05) is 13.1 Å². The van der Waals surface area contributed by atoms with E-state index in [9.17, 15) is 4.79 Å². The molecular formula is C16H18BrN3O2. The number of benzene rings is 1. The topological polar surface area (TPSA) is 58.2 Å². The van der Waals surface area contributed by atoms with Crippen molar-refractivity contribution in [3.05, 3.63) is 40.5 Å².